The van der Waals surface area contributed by atoms with Crippen LogP contribution in [0.4, 0.5) is 0 Å². The lowest BCUT2D eigenvalue weighted by atomic mass is 9.88. The molecular formula is C14H27ClN2O. The molecule has 2 rings (SSSR count). The lowest BCUT2D eigenvalue weighted by Gasteiger charge is -2.24. The van der Waals surface area contributed by atoms with Crippen LogP contribution in [-0.2, 0) is 4.79 Å². The van der Waals surface area contributed by atoms with Gasteiger partial charge in [-0.25, -0.2) is 0 Å². The Balaban J connectivity index is 0.00000162. The molecule has 2 N–H and O–H groups in total. The molecule has 1 atom stereocenters. The largest absolute Gasteiger partial charge is 0.356 e. The van der Waals surface area contributed by atoms with Crippen LogP contribution in [0.2, 0.25) is 0 Å². The first kappa shape index (κ1) is 15.8. The first-order valence-electron chi connectivity index (χ1n) is 7.34. The summed E-state index contributed by atoms with van der Waals surface area (Å²) in [5.74, 6) is 1.40. The molecule has 1 aliphatic carbocycles. The van der Waals surface area contributed by atoms with Gasteiger partial charge in [-0.05, 0) is 51.1 Å². The number of hydrogen-bond acceptors (Lipinski definition) is 2. The van der Waals surface area contributed by atoms with Gasteiger partial charge in [0.2, 0.25) is 5.91 Å². The molecule has 2 aliphatic rings. The van der Waals surface area contributed by atoms with Crippen LogP contribution in [0.1, 0.15) is 51.4 Å². The van der Waals surface area contributed by atoms with Gasteiger partial charge in [-0.15, -0.1) is 12.4 Å². The average molecular weight is 275 g/mol. The van der Waals surface area contributed by atoms with E-state index in [1.165, 1.54) is 38.6 Å². The minimum Gasteiger partial charge on any atom is -0.356 e. The third-order valence-corrected chi connectivity index (χ3v) is 4.23. The van der Waals surface area contributed by atoms with E-state index in [0.29, 0.717) is 11.8 Å². The molecule has 1 amide bonds. The second kappa shape index (κ2) is 8.76. The van der Waals surface area contributed by atoms with Crippen molar-refractivity contribution in [3.05, 3.63) is 0 Å². The van der Waals surface area contributed by atoms with Crippen LogP contribution >= 0.6 is 12.4 Å². The quantitative estimate of drug-likeness (QED) is 0.827. The van der Waals surface area contributed by atoms with Gasteiger partial charge in [0.1, 0.15) is 0 Å². The van der Waals surface area contributed by atoms with Gasteiger partial charge in [-0.1, -0.05) is 19.3 Å². The summed E-state index contributed by atoms with van der Waals surface area (Å²) in [7, 11) is 0. The molecule has 1 unspecified atom stereocenters. The van der Waals surface area contributed by atoms with Crippen LogP contribution in [0.5, 0.6) is 0 Å². The maximum atomic E-state index is 11.9. The van der Waals surface area contributed by atoms with Crippen molar-refractivity contribution in [3.8, 4) is 0 Å². The highest BCUT2D eigenvalue weighted by atomic mass is 35.5. The fourth-order valence-electron chi connectivity index (χ4n) is 3.08. The maximum absolute atomic E-state index is 11.9. The van der Waals surface area contributed by atoms with Gasteiger partial charge < -0.3 is 10.6 Å². The monoisotopic (exact) mass is 274 g/mol. The van der Waals surface area contributed by atoms with E-state index in [-0.39, 0.29) is 12.4 Å². The molecule has 4 heteroatoms. The first-order chi connectivity index (χ1) is 8.36. The molecule has 106 valence electrons. The van der Waals surface area contributed by atoms with Crippen LogP contribution in [0.3, 0.4) is 0 Å². The van der Waals surface area contributed by atoms with Crippen molar-refractivity contribution in [2.24, 2.45) is 11.8 Å². The van der Waals surface area contributed by atoms with E-state index in [2.05, 4.69) is 10.6 Å². The topological polar surface area (TPSA) is 41.1 Å². The molecule has 0 aromatic heterocycles. The number of carbonyl (C=O) groups is 1. The van der Waals surface area contributed by atoms with Crippen molar-refractivity contribution in [1.82, 2.24) is 10.6 Å². The molecule has 1 saturated carbocycles. The van der Waals surface area contributed by atoms with Gasteiger partial charge >= 0.3 is 0 Å². The van der Waals surface area contributed by atoms with Gasteiger partial charge in [0.15, 0.2) is 0 Å². The molecule has 2 fully saturated rings. The predicted molar refractivity (Wildman–Crippen MR) is 77.0 cm³/mol. The smallest absolute Gasteiger partial charge is 0.223 e. The van der Waals surface area contributed by atoms with Crippen molar-refractivity contribution < 1.29 is 4.79 Å². The van der Waals surface area contributed by atoms with Gasteiger partial charge in [-0.3, -0.25) is 4.79 Å². The van der Waals surface area contributed by atoms with Crippen LogP contribution in [0.25, 0.3) is 0 Å². The number of hydrogen-bond donors (Lipinski definition) is 2. The average Bonchev–Trinajstić information content (AvgIpc) is 2.41. The lowest BCUT2D eigenvalue weighted by Crippen LogP contribution is -2.36. The third kappa shape index (κ3) is 5.15. The lowest BCUT2D eigenvalue weighted by molar-refractivity contribution is -0.125. The van der Waals surface area contributed by atoms with E-state index in [0.717, 1.165) is 38.3 Å². The van der Waals surface area contributed by atoms with Crippen molar-refractivity contribution in [1.29, 1.82) is 0 Å². The molecular weight excluding hydrogens is 248 g/mol. The fraction of sp³-hybridized carbons (Fsp3) is 0.929. The molecule has 18 heavy (non-hydrogen) atoms. The summed E-state index contributed by atoms with van der Waals surface area (Å²) in [5.41, 5.74) is 0. The molecule has 0 bridgehead atoms. The van der Waals surface area contributed by atoms with Crippen LogP contribution in [0.15, 0.2) is 0 Å². The highest BCUT2D eigenvalue weighted by Gasteiger charge is 2.21. The van der Waals surface area contributed by atoms with Crippen molar-refractivity contribution in [3.63, 3.8) is 0 Å². The van der Waals surface area contributed by atoms with Crippen LogP contribution < -0.4 is 10.6 Å². The second-order valence-corrected chi connectivity index (χ2v) is 5.63. The number of rotatable bonds is 4. The third-order valence-electron chi connectivity index (χ3n) is 4.23. The Morgan fingerprint density at radius 3 is 2.56 bits per heavy atom. The number of amides is 1. The molecule has 1 saturated heterocycles. The van der Waals surface area contributed by atoms with E-state index in [1.54, 1.807) is 0 Å². The number of halogens is 1. The second-order valence-electron chi connectivity index (χ2n) is 5.63. The van der Waals surface area contributed by atoms with Crippen molar-refractivity contribution in [2.75, 3.05) is 19.6 Å². The number of nitrogens with one attached hydrogen (secondary N) is 2. The SMILES string of the molecule is Cl.O=C(NCCC1CCCNC1)C1CCCCC1. The van der Waals surface area contributed by atoms with E-state index in [9.17, 15) is 4.79 Å². The number of piperidine rings is 1. The Bertz CT molecular complexity index is 236. The van der Waals surface area contributed by atoms with Gasteiger partial charge in [0.05, 0.1) is 0 Å². The molecule has 0 spiro atoms. The zero-order valence-corrected chi connectivity index (χ0v) is 12.1. The molecule has 1 aliphatic heterocycles. The zero-order chi connectivity index (χ0) is 11.9. The molecule has 0 aromatic carbocycles. The van der Waals surface area contributed by atoms with E-state index < -0.39 is 0 Å². The van der Waals surface area contributed by atoms with Crippen molar-refractivity contribution in [2.45, 2.75) is 51.4 Å². The Morgan fingerprint density at radius 1 is 1.11 bits per heavy atom. The Labute approximate surface area is 117 Å². The van der Waals surface area contributed by atoms with Crippen molar-refractivity contribution >= 4 is 18.3 Å². The van der Waals surface area contributed by atoms with Crippen LogP contribution in [-0.4, -0.2) is 25.5 Å². The summed E-state index contributed by atoms with van der Waals surface area (Å²) >= 11 is 0. The van der Waals surface area contributed by atoms with E-state index >= 15 is 0 Å². The van der Waals surface area contributed by atoms with Gasteiger partial charge in [-0.2, -0.15) is 0 Å². The summed E-state index contributed by atoms with van der Waals surface area (Å²) in [5, 5.41) is 6.56. The first-order valence-corrected chi connectivity index (χ1v) is 7.34. The van der Waals surface area contributed by atoms with Crippen LogP contribution in [0, 0.1) is 11.8 Å². The van der Waals surface area contributed by atoms with E-state index in [4.69, 9.17) is 0 Å². The predicted octanol–water partition coefficient (Wildman–Crippen LogP) is 2.49. The minimum atomic E-state index is 0. The highest BCUT2D eigenvalue weighted by molar-refractivity contribution is 5.85. The van der Waals surface area contributed by atoms with Gasteiger partial charge in [0, 0.05) is 12.5 Å². The summed E-state index contributed by atoms with van der Waals surface area (Å²) in [6.45, 7) is 3.19. The Morgan fingerprint density at radius 2 is 1.89 bits per heavy atom. The standard InChI is InChI=1S/C14H26N2O.ClH/c17-14(13-6-2-1-3-7-13)16-10-8-12-5-4-9-15-11-12;/h12-13,15H,1-11H2,(H,16,17);1H. The summed E-state index contributed by atoms with van der Waals surface area (Å²) in [6, 6.07) is 0. The van der Waals surface area contributed by atoms with Gasteiger partial charge in [0.25, 0.3) is 0 Å². The summed E-state index contributed by atoms with van der Waals surface area (Å²) in [4.78, 5) is 11.9. The zero-order valence-electron chi connectivity index (χ0n) is 11.2. The molecule has 1 heterocycles. The van der Waals surface area contributed by atoms with E-state index in [1.807, 2.05) is 0 Å². The number of carbonyl (C=O) groups excluding carboxylic acids is 1. The maximum Gasteiger partial charge on any atom is 0.223 e. The molecule has 0 radical (unpaired) electrons. The summed E-state index contributed by atoms with van der Waals surface area (Å²) < 4.78 is 0. The summed E-state index contributed by atoms with van der Waals surface area (Å²) in [6.07, 6.45) is 9.78. The normalized spacial score (nSPS) is 25.2. The highest BCUT2D eigenvalue weighted by Crippen LogP contribution is 2.23. The molecule has 3 nitrogen and oxygen atoms in total. The Kier molecular flexibility index (Phi) is 7.68. The Hall–Kier alpha value is -0.280. The molecule has 0 aromatic rings. The fourth-order valence-corrected chi connectivity index (χ4v) is 3.08. The minimum absolute atomic E-state index is 0.